The smallest absolute Gasteiger partial charge is 0.407 e. The molecule has 0 radical (unpaired) electrons. The van der Waals surface area contributed by atoms with Crippen LogP contribution in [0.3, 0.4) is 0 Å². The normalized spacial score (nSPS) is 19.9. The van der Waals surface area contributed by atoms with Gasteiger partial charge in [0.1, 0.15) is 5.60 Å². The number of nitrogens with one attached hydrogen (secondary N) is 2. The van der Waals surface area contributed by atoms with Crippen molar-refractivity contribution in [2.75, 3.05) is 19.8 Å². The second kappa shape index (κ2) is 12.4. The highest BCUT2D eigenvalue weighted by atomic mass is 16.6. The molecule has 1 aliphatic carbocycles. The molecule has 0 spiro atoms. The minimum atomic E-state index is -0.554. The van der Waals surface area contributed by atoms with E-state index in [1.807, 2.05) is 0 Å². The fourth-order valence-corrected chi connectivity index (χ4v) is 2.79. The number of carbonyl (C=O) groups excluding carboxylic acids is 3. The maximum Gasteiger partial charge on any atom is 0.407 e. The maximum absolute atomic E-state index is 12.0. The van der Waals surface area contributed by atoms with E-state index >= 15 is 0 Å². The third kappa shape index (κ3) is 11.6. The van der Waals surface area contributed by atoms with E-state index in [-0.39, 0.29) is 37.0 Å². The molecule has 0 atom stereocenters. The number of amides is 2. The summed E-state index contributed by atoms with van der Waals surface area (Å²) in [6, 6.07) is 0.129. The number of carbonyl (C=O) groups is 3. The molecule has 0 saturated heterocycles. The second-order valence-corrected chi connectivity index (χ2v) is 7.71. The molecular formula is C20H34N2O6. The predicted molar refractivity (Wildman–Crippen MR) is 105 cm³/mol. The number of rotatable bonds is 9. The number of alkyl carbamates (subject to hydrolysis) is 1. The molecule has 0 aromatic rings. The van der Waals surface area contributed by atoms with Crippen molar-refractivity contribution in [3.63, 3.8) is 0 Å². The van der Waals surface area contributed by atoms with Crippen molar-refractivity contribution in [3.05, 3.63) is 12.2 Å². The van der Waals surface area contributed by atoms with Crippen LogP contribution in [-0.4, -0.2) is 55.5 Å². The summed E-state index contributed by atoms with van der Waals surface area (Å²) in [7, 11) is 0. The highest BCUT2D eigenvalue weighted by Crippen LogP contribution is 2.21. The van der Waals surface area contributed by atoms with Crippen molar-refractivity contribution in [1.29, 1.82) is 0 Å². The van der Waals surface area contributed by atoms with Crippen LogP contribution in [0, 0.1) is 0 Å². The van der Waals surface area contributed by atoms with Gasteiger partial charge in [-0.2, -0.15) is 0 Å². The topological polar surface area (TPSA) is 103 Å². The summed E-state index contributed by atoms with van der Waals surface area (Å²) in [5.41, 5.74) is -0.554. The van der Waals surface area contributed by atoms with Gasteiger partial charge in [0.05, 0.1) is 19.3 Å². The SMILES string of the molecule is CCOC(=O)/C=C/COC1CCC(NC(=O)CCNC(=O)OC(C)(C)C)CC1. The highest BCUT2D eigenvalue weighted by molar-refractivity contribution is 5.81. The Bertz CT molecular complexity index is 533. The first-order valence-corrected chi connectivity index (χ1v) is 9.90. The molecule has 0 unspecified atom stereocenters. The Labute approximate surface area is 167 Å². The zero-order valence-electron chi connectivity index (χ0n) is 17.4. The third-order valence-corrected chi connectivity index (χ3v) is 4.03. The maximum atomic E-state index is 12.0. The van der Waals surface area contributed by atoms with Gasteiger partial charge in [-0.1, -0.05) is 6.08 Å². The van der Waals surface area contributed by atoms with Gasteiger partial charge in [0, 0.05) is 25.1 Å². The van der Waals surface area contributed by atoms with Gasteiger partial charge >= 0.3 is 12.1 Å². The van der Waals surface area contributed by atoms with E-state index in [0.29, 0.717) is 13.2 Å². The number of ether oxygens (including phenoxy) is 3. The van der Waals surface area contributed by atoms with E-state index in [9.17, 15) is 14.4 Å². The van der Waals surface area contributed by atoms with Crippen LogP contribution in [0.4, 0.5) is 4.79 Å². The van der Waals surface area contributed by atoms with Gasteiger partial charge in [-0.15, -0.1) is 0 Å². The van der Waals surface area contributed by atoms with Gasteiger partial charge in [-0.3, -0.25) is 4.79 Å². The molecule has 0 aromatic carbocycles. The summed E-state index contributed by atoms with van der Waals surface area (Å²) in [6.45, 7) is 8.10. The third-order valence-electron chi connectivity index (χ3n) is 4.03. The molecule has 8 nitrogen and oxygen atoms in total. The summed E-state index contributed by atoms with van der Waals surface area (Å²) in [6.07, 6.45) is 6.26. The predicted octanol–water partition coefficient (Wildman–Crippen LogP) is 2.46. The van der Waals surface area contributed by atoms with Gasteiger partial charge in [-0.25, -0.2) is 9.59 Å². The fraction of sp³-hybridized carbons (Fsp3) is 0.750. The molecule has 1 rings (SSSR count). The molecule has 0 bridgehead atoms. The first-order chi connectivity index (χ1) is 13.2. The zero-order chi connectivity index (χ0) is 21.0. The summed E-state index contributed by atoms with van der Waals surface area (Å²) in [5.74, 6) is -0.448. The first-order valence-electron chi connectivity index (χ1n) is 9.90. The number of esters is 1. The Morgan fingerprint density at radius 1 is 1.11 bits per heavy atom. The Hall–Kier alpha value is -2.09. The van der Waals surface area contributed by atoms with Gasteiger partial charge in [0.2, 0.25) is 5.91 Å². The first kappa shape index (κ1) is 23.9. The van der Waals surface area contributed by atoms with Crippen LogP contribution in [0.2, 0.25) is 0 Å². The minimum Gasteiger partial charge on any atom is -0.463 e. The minimum absolute atomic E-state index is 0.0854. The van der Waals surface area contributed by atoms with Gasteiger partial charge in [-0.05, 0) is 53.4 Å². The average molecular weight is 399 g/mol. The molecule has 0 heterocycles. The molecule has 1 aliphatic rings. The molecule has 8 heteroatoms. The van der Waals surface area contributed by atoms with E-state index in [4.69, 9.17) is 14.2 Å². The van der Waals surface area contributed by atoms with Crippen LogP contribution in [0.15, 0.2) is 12.2 Å². The monoisotopic (exact) mass is 398 g/mol. The van der Waals surface area contributed by atoms with Crippen molar-refractivity contribution < 1.29 is 28.6 Å². The lowest BCUT2D eigenvalue weighted by Crippen LogP contribution is -2.41. The molecule has 0 aromatic heterocycles. The van der Waals surface area contributed by atoms with Crippen LogP contribution < -0.4 is 10.6 Å². The lowest BCUT2D eigenvalue weighted by atomic mass is 9.93. The largest absolute Gasteiger partial charge is 0.463 e. The Balaban J connectivity index is 2.13. The Kier molecular flexibility index (Phi) is 10.6. The van der Waals surface area contributed by atoms with Crippen molar-refractivity contribution in [2.24, 2.45) is 0 Å². The lowest BCUT2D eigenvalue weighted by Gasteiger charge is -2.29. The van der Waals surface area contributed by atoms with E-state index in [1.54, 1.807) is 33.8 Å². The molecule has 1 fully saturated rings. The molecule has 0 aliphatic heterocycles. The second-order valence-electron chi connectivity index (χ2n) is 7.71. The Morgan fingerprint density at radius 2 is 1.79 bits per heavy atom. The van der Waals surface area contributed by atoms with Crippen LogP contribution in [0.25, 0.3) is 0 Å². The van der Waals surface area contributed by atoms with Crippen molar-refractivity contribution in [3.8, 4) is 0 Å². The van der Waals surface area contributed by atoms with Gasteiger partial charge in [0.15, 0.2) is 0 Å². The van der Waals surface area contributed by atoms with Gasteiger partial charge in [0.25, 0.3) is 0 Å². The van der Waals surface area contributed by atoms with E-state index < -0.39 is 11.7 Å². The zero-order valence-corrected chi connectivity index (χ0v) is 17.4. The van der Waals surface area contributed by atoms with Crippen molar-refractivity contribution in [1.82, 2.24) is 10.6 Å². The summed E-state index contributed by atoms with van der Waals surface area (Å²) < 4.78 is 15.6. The van der Waals surface area contributed by atoms with E-state index in [2.05, 4.69) is 10.6 Å². The highest BCUT2D eigenvalue weighted by Gasteiger charge is 2.22. The fourth-order valence-electron chi connectivity index (χ4n) is 2.79. The van der Waals surface area contributed by atoms with Crippen LogP contribution >= 0.6 is 0 Å². The summed E-state index contributed by atoms with van der Waals surface area (Å²) in [5, 5.41) is 5.57. The average Bonchev–Trinajstić information content (AvgIpc) is 2.59. The van der Waals surface area contributed by atoms with Crippen LogP contribution in [-0.2, 0) is 23.8 Å². The summed E-state index contributed by atoms with van der Waals surface area (Å²) >= 11 is 0. The van der Waals surface area contributed by atoms with Crippen molar-refractivity contribution >= 4 is 18.0 Å². The molecule has 2 N–H and O–H groups in total. The van der Waals surface area contributed by atoms with E-state index in [1.165, 1.54) is 6.08 Å². The van der Waals surface area contributed by atoms with Crippen molar-refractivity contribution in [2.45, 2.75) is 77.5 Å². The molecule has 160 valence electrons. The van der Waals surface area contributed by atoms with Crippen LogP contribution in [0.5, 0.6) is 0 Å². The molecule has 2 amide bonds. The molecule has 28 heavy (non-hydrogen) atoms. The lowest BCUT2D eigenvalue weighted by molar-refractivity contribution is -0.137. The number of hydrogen-bond acceptors (Lipinski definition) is 6. The van der Waals surface area contributed by atoms with Gasteiger partial charge < -0.3 is 24.8 Å². The Morgan fingerprint density at radius 3 is 2.39 bits per heavy atom. The van der Waals surface area contributed by atoms with E-state index in [0.717, 1.165) is 25.7 Å². The van der Waals surface area contributed by atoms with Crippen LogP contribution in [0.1, 0.15) is 59.8 Å². The quantitative estimate of drug-likeness (QED) is 0.457. The summed E-state index contributed by atoms with van der Waals surface area (Å²) in [4.78, 5) is 34.7. The molecular weight excluding hydrogens is 364 g/mol. The standard InChI is InChI=1S/C20H34N2O6/c1-5-26-18(24)7-6-14-27-16-10-8-15(9-11-16)22-17(23)12-13-21-19(25)28-20(2,3)4/h6-7,15-16H,5,8-14H2,1-4H3,(H,21,25)(H,22,23)/b7-6+. The molecule has 1 saturated carbocycles. The number of hydrogen-bond donors (Lipinski definition) is 2.